The third kappa shape index (κ3) is 4.97. The van der Waals surface area contributed by atoms with Crippen molar-refractivity contribution < 1.29 is 14.4 Å². The largest absolute Gasteiger partial charge is 0.338 e. The Kier molecular flexibility index (Phi) is 6.09. The summed E-state index contributed by atoms with van der Waals surface area (Å²) in [6.45, 7) is 4.59. The molecule has 0 saturated carbocycles. The van der Waals surface area contributed by atoms with Crippen LogP contribution in [0.15, 0.2) is 54.6 Å². The molecule has 2 aromatic rings. The SMILES string of the molecule is CC(C)C(=O)Nc1ccc(NC(=O)C2CC(=O)N(Cc3ccccc3)C2)cc1. The predicted octanol–water partition coefficient (Wildman–Crippen LogP) is 3.27. The van der Waals surface area contributed by atoms with E-state index in [-0.39, 0.29) is 36.0 Å². The Morgan fingerprint density at radius 3 is 2.21 bits per heavy atom. The molecule has 1 saturated heterocycles. The van der Waals surface area contributed by atoms with Crippen molar-refractivity contribution in [3.8, 4) is 0 Å². The molecule has 3 amide bonds. The van der Waals surface area contributed by atoms with Gasteiger partial charge in [-0.05, 0) is 29.8 Å². The van der Waals surface area contributed by atoms with Crippen LogP contribution in [0.4, 0.5) is 11.4 Å². The first kappa shape index (κ1) is 19.6. The number of carbonyl (C=O) groups excluding carboxylic acids is 3. The van der Waals surface area contributed by atoms with E-state index < -0.39 is 0 Å². The zero-order valence-corrected chi connectivity index (χ0v) is 16.1. The quantitative estimate of drug-likeness (QED) is 0.809. The van der Waals surface area contributed by atoms with Gasteiger partial charge >= 0.3 is 0 Å². The third-order valence-electron chi connectivity index (χ3n) is 4.75. The van der Waals surface area contributed by atoms with E-state index in [1.54, 1.807) is 29.2 Å². The lowest BCUT2D eigenvalue weighted by atomic mass is 10.1. The van der Waals surface area contributed by atoms with Crippen molar-refractivity contribution in [2.45, 2.75) is 26.8 Å². The molecule has 3 rings (SSSR count). The van der Waals surface area contributed by atoms with E-state index in [1.807, 2.05) is 44.2 Å². The number of nitrogens with zero attached hydrogens (tertiary/aromatic N) is 1. The van der Waals surface area contributed by atoms with Crippen molar-refractivity contribution in [2.24, 2.45) is 11.8 Å². The smallest absolute Gasteiger partial charge is 0.229 e. The lowest BCUT2D eigenvalue weighted by molar-refractivity contribution is -0.128. The van der Waals surface area contributed by atoms with Gasteiger partial charge in [-0.15, -0.1) is 0 Å². The highest BCUT2D eigenvalue weighted by atomic mass is 16.2. The van der Waals surface area contributed by atoms with Crippen molar-refractivity contribution in [3.63, 3.8) is 0 Å². The molecular weight excluding hydrogens is 354 g/mol. The Hall–Kier alpha value is -3.15. The zero-order valence-electron chi connectivity index (χ0n) is 16.1. The molecule has 28 heavy (non-hydrogen) atoms. The van der Waals surface area contributed by atoms with Crippen LogP contribution in [0, 0.1) is 11.8 Å². The number of rotatable bonds is 6. The molecule has 1 aliphatic rings. The van der Waals surface area contributed by atoms with E-state index in [9.17, 15) is 14.4 Å². The number of amides is 3. The lowest BCUT2D eigenvalue weighted by Gasteiger charge is -2.16. The molecule has 6 heteroatoms. The highest BCUT2D eigenvalue weighted by Gasteiger charge is 2.34. The lowest BCUT2D eigenvalue weighted by Crippen LogP contribution is -2.28. The van der Waals surface area contributed by atoms with Crippen LogP contribution >= 0.6 is 0 Å². The second-order valence-corrected chi connectivity index (χ2v) is 7.37. The molecular formula is C22H25N3O3. The van der Waals surface area contributed by atoms with Gasteiger partial charge in [-0.2, -0.15) is 0 Å². The van der Waals surface area contributed by atoms with E-state index in [0.29, 0.717) is 24.5 Å². The van der Waals surface area contributed by atoms with Gasteiger partial charge in [0.05, 0.1) is 5.92 Å². The highest BCUT2D eigenvalue weighted by molar-refractivity contribution is 5.97. The summed E-state index contributed by atoms with van der Waals surface area (Å²) in [5.74, 6) is -0.687. The number of anilines is 2. The van der Waals surface area contributed by atoms with Gasteiger partial charge in [0.1, 0.15) is 0 Å². The monoisotopic (exact) mass is 379 g/mol. The van der Waals surface area contributed by atoms with E-state index in [4.69, 9.17) is 0 Å². The molecule has 1 unspecified atom stereocenters. The summed E-state index contributed by atoms with van der Waals surface area (Å²) in [7, 11) is 0. The maximum absolute atomic E-state index is 12.6. The van der Waals surface area contributed by atoms with Crippen LogP contribution in [0.25, 0.3) is 0 Å². The summed E-state index contributed by atoms with van der Waals surface area (Å²) in [6.07, 6.45) is 0.223. The second-order valence-electron chi connectivity index (χ2n) is 7.37. The van der Waals surface area contributed by atoms with E-state index in [0.717, 1.165) is 5.56 Å². The molecule has 2 aromatic carbocycles. The Bertz CT molecular complexity index is 847. The molecule has 146 valence electrons. The molecule has 1 atom stereocenters. The van der Waals surface area contributed by atoms with E-state index in [2.05, 4.69) is 10.6 Å². The van der Waals surface area contributed by atoms with Crippen LogP contribution in [-0.2, 0) is 20.9 Å². The number of hydrogen-bond donors (Lipinski definition) is 2. The molecule has 0 aromatic heterocycles. The van der Waals surface area contributed by atoms with Gasteiger partial charge < -0.3 is 15.5 Å². The van der Waals surface area contributed by atoms with Crippen LogP contribution in [0.5, 0.6) is 0 Å². The van der Waals surface area contributed by atoms with Gasteiger partial charge in [0.2, 0.25) is 17.7 Å². The number of carbonyl (C=O) groups is 3. The van der Waals surface area contributed by atoms with E-state index >= 15 is 0 Å². The fourth-order valence-corrected chi connectivity index (χ4v) is 3.07. The average molecular weight is 379 g/mol. The molecule has 1 heterocycles. The highest BCUT2D eigenvalue weighted by Crippen LogP contribution is 2.22. The van der Waals surface area contributed by atoms with Crippen molar-refractivity contribution in [3.05, 3.63) is 60.2 Å². The fraction of sp³-hybridized carbons (Fsp3) is 0.318. The molecule has 1 fully saturated rings. The van der Waals surface area contributed by atoms with Gasteiger partial charge in [-0.25, -0.2) is 0 Å². The zero-order chi connectivity index (χ0) is 20.1. The molecule has 0 spiro atoms. The summed E-state index contributed by atoms with van der Waals surface area (Å²) >= 11 is 0. The minimum absolute atomic E-state index is 0.00394. The van der Waals surface area contributed by atoms with Crippen LogP contribution in [0.1, 0.15) is 25.8 Å². The van der Waals surface area contributed by atoms with Crippen molar-refractivity contribution in [2.75, 3.05) is 17.2 Å². The van der Waals surface area contributed by atoms with Crippen LogP contribution < -0.4 is 10.6 Å². The molecule has 0 radical (unpaired) electrons. The van der Waals surface area contributed by atoms with Gasteiger partial charge in [0.25, 0.3) is 0 Å². The number of benzene rings is 2. The third-order valence-corrected chi connectivity index (χ3v) is 4.75. The Morgan fingerprint density at radius 2 is 1.61 bits per heavy atom. The van der Waals surface area contributed by atoms with Gasteiger partial charge in [-0.3, -0.25) is 14.4 Å². The summed E-state index contributed by atoms with van der Waals surface area (Å²) in [4.78, 5) is 38.3. The van der Waals surface area contributed by atoms with E-state index in [1.165, 1.54) is 0 Å². The molecule has 1 aliphatic heterocycles. The molecule has 2 N–H and O–H groups in total. The first-order valence-corrected chi connectivity index (χ1v) is 9.46. The summed E-state index contributed by atoms with van der Waals surface area (Å²) in [5, 5.41) is 5.67. The number of nitrogens with one attached hydrogen (secondary N) is 2. The van der Waals surface area contributed by atoms with Crippen LogP contribution in [0.3, 0.4) is 0 Å². The number of hydrogen-bond acceptors (Lipinski definition) is 3. The van der Waals surface area contributed by atoms with Crippen LogP contribution in [-0.4, -0.2) is 29.2 Å². The summed E-state index contributed by atoms with van der Waals surface area (Å²) in [5.41, 5.74) is 2.37. The molecule has 0 aliphatic carbocycles. The Morgan fingerprint density at radius 1 is 1.00 bits per heavy atom. The van der Waals surface area contributed by atoms with Crippen molar-refractivity contribution in [1.82, 2.24) is 4.90 Å². The van der Waals surface area contributed by atoms with Gasteiger partial charge in [0.15, 0.2) is 0 Å². The maximum Gasteiger partial charge on any atom is 0.229 e. The van der Waals surface area contributed by atoms with Crippen molar-refractivity contribution in [1.29, 1.82) is 0 Å². The topological polar surface area (TPSA) is 78.5 Å². The summed E-state index contributed by atoms with van der Waals surface area (Å²) in [6, 6.07) is 16.7. The van der Waals surface area contributed by atoms with Gasteiger partial charge in [-0.1, -0.05) is 44.2 Å². The average Bonchev–Trinajstić information content (AvgIpc) is 3.04. The van der Waals surface area contributed by atoms with Crippen molar-refractivity contribution >= 4 is 29.1 Å². The normalized spacial score (nSPS) is 16.3. The maximum atomic E-state index is 12.6. The Balaban J connectivity index is 1.55. The first-order valence-electron chi connectivity index (χ1n) is 9.46. The molecule has 6 nitrogen and oxygen atoms in total. The Labute approximate surface area is 164 Å². The predicted molar refractivity (Wildman–Crippen MR) is 109 cm³/mol. The fourth-order valence-electron chi connectivity index (χ4n) is 3.07. The number of likely N-dealkylation sites (tertiary alicyclic amines) is 1. The second kappa shape index (κ2) is 8.69. The molecule has 0 bridgehead atoms. The van der Waals surface area contributed by atoms with Crippen LogP contribution in [0.2, 0.25) is 0 Å². The minimum Gasteiger partial charge on any atom is -0.338 e. The minimum atomic E-state index is -0.364. The standard InChI is InChI=1S/C22H25N3O3/c1-15(2)21(27)23-18-8-10-19(11-9-18)24-22(28)17-12-20(26)25(14-17)13-16-6-4-3-5-7-16/h3-11,15,17H,12-14H2,1-2H3,(H,23,27)(H,24,28). The first-order chi connectivity index (χ1) is 13.4. The summed E-state index contributed by atoms with van der Waals surface area (Å²) < 4.78 is 0. The van der Waals surface area contributed by atoms with Gasteiger partial charge in [0, 0.05) is 36.8 Å².